The van der Waals surface area contributed by atoms with Crippen molar-refractivity contribution in [2.75, 3.05) is 6.61 Å². The molecule has 0 unspecified atom stereocenters. The first-order chi connectivity index (χ1) is 12.7. The molecule has 0 N–H and O–H groups in total. The smallest absolute Gasteiger partial charge is 0.266 e. The fourth-order valence-electron chi connectivity index (χ4n) is 3.12. The van der Waals surface area contributed by atoms with Crippen LogP contribution in [0.1, 0.15) is 96.8 Å². The van der Waals surface area contributed by atoms with Crippen LogP contribution in [-0.4, -0.2) is 15.0 Å². The maximum Gasteiger partial charge on any atom is 0.296 e. The van der Waals surface area contributed by atoms with Gasteiger partial charge in [-0.1, -0.05) is 109 Å². The zero-order valence-electron chi connectivity index (χ0n) is 16.6. The quantitative estimate of drug-likeness (QED) is 0.218. The summed E-state index contributed by atoms with van der Waals surface area (Å²) >= 11 is 0. The van der Waals surface area contributed by atoms with E-state index in [4.69, 9.17) is 4.18 Å². The van der Waals surface area contributed by atoms with E-state index in [1.54, 1.807) is 30.3 Å². The fourth-order valence-corrected chi connectivity index (χ4v) is 4.08. The van der Waals surface area contributed by atoms with Crippen molar-refractivity contribution in [3.63, 3.8) is 0 Å². The van der Waals surface area contributed by atoms with Crippen molar-refractivity contribution in [2.45, 2.75) is 102 Å². The highest BCUT2D eigenvalue weighted by Gasteiger charge is 2.13. The van der Waals surface area contributed by atoms with E-state index >= 15 is 0 Å². The lowest BCUT2D eigenvalue weighted by Crippen LogP contribution is -2.07. The summed E-state index contributed by atoms with van der Waals surface area (Å²) in [6, 6.07) is 8.36. The van der Waals surface area contributed by atoms with Gasteiger partial charge in [0.2, 0.25) is 0 Å². The maximum absolute atomic E-state index is 11.9. The van der Waals surface area contributed by atoms with Crippen LogP contribution in [0.4, 0.5) is 0 Å². The zero-order chi connectivity index (χ0) is 18.9. The molecule has 0 saturated heterocycles. The average Bonchev–Trinajstić information content (AvgIpc) is 2.65. The highest BCUT2D eigenvalue weighted by molar-refractivity contribution is 7.86. The van der Waals surface area contributed by atoms with Gasteiger partial charge in [-0.25, -0.2) is 0 Å². The third-order valence-corrected chi connectivity index (χ3v) is 6.09. The molecule has 1 rings (SSSR count). The van der Waals surface area contributed by atoms with Crippen molar-refractivity contribution < 1.29 is 12.6 Å². The van der Waals surface area contributed by atoms with Crippen molar-refractivity contribution in [1.82, 2.24) is 0 Å². The van der Waals surface area contributed by atoms with Gasteiger partial charge < -0.3 is 0 Å². The summed E-state index contributed by atoms with van der Waals surface area (Å²) in [5.74, 6) is 0. The van der Waals surface area contributed by atoms with E-state index in [0.29, 0.717) is 0 Å². The largest absolute Gasteiger partial charge is 0.296 e. The Balaban J connectivity index is 1.87. The van der Waals surface area contributed by atoms with Gasteiger partial charge in [0.1, 0.15) is 0 Å². The lowest BCUT2D eigenvalue weighted by Gasteiger charge is -2.06. The van der Waals surface area contributed by atoms with E-state index in [9.17, 15) is 8.42 Å². The first kappa shape index (κ1) is 23.2. The molecule has 0 radical (unpaired) electrons. The van der Waals surface area contributed by atoms with Gasteiger partial charge in [-0.3, -0.25) is 4.18 Å². The Morgan fingerprint density at radius 2 is 1.08 bits per heavy atom. The Morgan fingerprint density at radius 3 is 1.54 bits per heavy atom. The van der Waals surface area contributed by atoms with Crippen LogP contribution in [0.25, 0.3) is 0 Å². The van der Waals surface area contributed by atoms with Gasteiger partial charge in [-0.15, -0.1) is 0 Å². The molecule has 150 valence electrons. The normalized spacial score (nSPS) is 11.7. The van der Waals surface area contributed by atoms with Gasteiger partial charge >= 0.3 is 0 Å². The van der Waals surface area contributed by atoms with Crippen LogP contribution >= 0.6 is 0 Å². The molecule has 4 heteroatoms. The summed E-state index contributed by atoms with van der Waals surface area (Å²) in [6.07, 6.45) is 18.0. The van der Waals surface area contributed by atoms with Crippen LogP contribution in [0, 0.1) is 0 Å². The molecule has 0 aliphatic heterocycles. The second-order valence-corrected chi connectivity index (χ2v) is 8.80. The van der Waals surface area contributed by atoms with Crippen molar-refractivity contribution in [1.29, 1.82) is 0 Å². The molecule has 0 bridgehead atoms. The van der Waals surface area contributed by atoms with Crippen LogP contribution in [0.15, 0.2) is 35.2 Å². The van der Waals surface area contributed by atoms with E-state index in [1.807, 2.05) is 0 Å². The number of hydrogen-bond acceptors (Lipinski definition) is 3. The maximum atomic E-state index is 11.9. The molecule has 0 aliphatic carbocycles. The predicted octanol–water partition coefficient (Wildman–Crippen LogP) is 6.87. The summed E-state index contributed by atoms with van der Waals surface area (Å²) in [5, 5.41) is 0. The SMILES string of the molecule is CCCCCCCCCCCCCCCCOS(=O)(=O)c1ccccc1. The Morgan fingerprint density at radius 1 is 0.654 bits per heavy atom. The molecule has 1 aromatic carbocycles. The second-order valence-electron chi connectivity index (χ2n) is 7.19. The molecule has 0 aromatic heterocycles. The average molecular weight is 383 g/mol. The lowest BCUT2D eigenvalue weighted by atomic mass is 10.0. The Kier molecular flexibility index (Phi) is 13.6. The van der Waals surface area contributed by atoms with Crippen molar-refractivity contribution in [3.05, 3.63) is 30.3 Å². The number of rotatable bonds is 17. The van der Waals surface area contributed by atoms with Crippen LogP contribution < -0.4 is 0 Å². The Bertz CT molecular complexity index is 526. The molecule has 3 nitrogen and oxygen atoms in total. The van der Waals surface area contributed by atoms with Crippen molar-refractivity contribution in [3.8, 4) is 0 Å². The third-order valence-electron chi connectivity index (χ3n) is 4.77. The molecule has 26 heavy (non-hydrogen) atoms. The van der Waals surface area contributed by atoms with E-state index in [-0.39, 0.29) is 11.5 Å². The van der Waals surface area contributed by atoms with Crippen LogP contribution in [0.2, 0.25) is 0 Å². The Hall–Kier alpha value is -0.870. The van der Waals surface area contributed by atoms with Gasteiger partial charge in [0.05, 0.1) is 11.5 Å². The number of benzene rings is 1. The highest BCUT2D eigenvalue weighted by atomic mass is 32.2. The van der Waals surface area contributed by atoms with Crippen molar-refractivity contribution in [2.24, 2.45) is 0 Å². The van der Waals surface area contributed by atoms with Crippen LogP contribution in [0.5, 0.6) is 0 Å². The summed E-state index contributed by atoms with van der Waals surface area (Å²) in [6.45, 7) is 2.55. The first-order valence-electron chi connectivity index (χ1n) is 10.6. The molecule has 0 amide bonds. The van der Waals surface area contributed by atoms with E-state index in [0.717, 1.165) is 12.8 Å². The molecular weight excluding hydrogens is 344 g/mol. The summed E-state index contributed by atoms with van der Waals surface area (Å²) in [5.41, 5.74) is 0. The van der Waals surface area contributed by atoms with Gasteiger partial charge in [0.15, 0.2) is 0 Å². The summed E-state index contributed by atoms with van der Waals surface area (Å²) < 4.78 is 29.0. The van der Waals surface area contributed by atoms with E-state index in [2.05, 4.69) is 6.92 Å². The van der Waals surface area contributed by atoms with E-state index in [1.165, 1.54) is 77.0 Å². The second kappa shape index (κ2) is 15.2. The molecule has 0 saturated carbocycles. The molecule has 0 aliphatic rings. The monoisotopic (exact) mass is 382 g/mol. The van der Waals surface area contributed by atoms with E-state index < -0.39 is 10.1 Å². The number of hydrogen-bond donors (Lipinski definition) is 0. The standard InChI is InChI=1S/C22H38O3S/c1-2-3-4-5-6-7-8-9-10-11-12-13-14-18-21-25-26(23,24)22-19-16-15-17-20-22/h15-17,19-20H,2-14,18,21H2,1H3. The van der Waals surface area contributed by atoms with Gasteiger partial charge in [-0.2, -0.15) is 8.42 Å². The topological polar surface area (TPSA) is 43.4 Å². The fraction of sp³-hybridized carbons (Fsp3) is 0.727. The predicted molar refractivity (Wildman–Crippen MR) is 110 cm³/mol. The molecular formula is C22H38O3S. The number of unbranched alkanes of at least 4 members (excludes halogenated alkanes) is 13. The van der Waals surface area contributed by atoms with Gasteiger partial charge in [0, 0.05) is 0 Å². The van der Waals surface area contributed by atoms with Gasteiger partial charge in [-0.05, 0) is 18.6 Å². The molecule has 0 fully saturated rings. The summed E-state index contributed by atoms with van der Waals surface area (Å²) in [7, 11) is -3.58. The third kappa shape index (κ3) is 11.7. The summed E-state index contributed by atoms with van der Waals surface area (Å²) in [4.78, 5) is 0.241. The lowest BCUT2D eigenvalue weighted by molar-refractivity contribution is 0.306. The minimum Gasteiger partial charge on any atom is -0.266 e. The molecule has 0 atom stereocenters. The minimum absolute atomic E-state index is 0.241. The molecule has 0 spiro atoms. The Labute approximate surface area is 161 Å². The van der Waals surface area contributed by atoms with Crippen LogP contribution in [0.3, 0.4) is 0 Å². The minimum atomic E-state index is -3.58. The molecule has 0 heterocycles. The van der Waals surface area contributed by atoms with Gasteiger partial charge in [0.25, 0.3) is 10.1 Å². The highest BCUT2D eigenvalue weighted by Crippen LogP contribution is 2.14. The zero-order valence-corrected chi connectivity index (χ0v) is 17.4. The van der Waals surface area contributed by atoms with Crippen molar-refractivity contribution >= 4 is 10.1 Å². The first-order valence-corrected chi connectivity index (χ1v) is 12.0. The molecule has 1 aromatic rings. The van der Waals surface area contributed by atoms with Crippen LogP contribution in [-0.2, 0) is 14.3 Å².